The van der Waals surface area contributed by atoms with Crippen LogP contribution in [0.2, 0.25) is 0 Å². The number of aromatic nitrogens is 2. The molecule has 0 aliphatic carbocycles. The lowest BCUT2D eigenvalue weighted by Crippen LogP contribution is -2.31. The minimum atomic E-state index is -4.00. The first-order chi connectivity index (χ1) is 18.2. The molecule has 0 saturated heterocycles. The number of benzene rings is 3. The molecule has 12 heteroatoms. The van der Waals surface area contributed by atoms with Crippen molar-refractivity contribution in [3.05, 3.63) is 82.2 Å². The first kappa shape index (κ1) is 27.4. The lowest BCUT2D eigenvalue weighted by atomic mass is 10.1. The Balaban J connectivity index is 1.67. The van der Waals surface area contributed by atoms with Crippen molar-refractivity contribution < 1.29 is 32.3 Å². The summed E-state index contributed by atoms with van der Waals surface area (Å²) in [7, 11) is 0.491. The van der Waals surface area contributed by atoms with Gasteiger partial charge in [0.15, 0.2) is 0 Å². The smallest absolute Gasteiger partial charge is 0.243 e. The fourth-order valence-corrected chi connectivity index (χ4v) is 5.30. The van der Waals surface area contributed by atoms with Gasteiger partial charge < -0.3 is 23.8 Å². The van der Waals surface area contributed by atoms with Crippen molar-refractivity contribution in [1.82, 2.24) is 14.4 Å². The van der Waals surface area contributed by atoms with E-state index in [1.165, 1.54) is 37.8 Å². The van der Waals surface area contributed by atoms with Gasteiger partial charge in [-0.2, -0.15) is 9.29 Å². The Morgan fingerprint density at radius 3 is 2.16 bits per heavy atom. The van der Waals surface area contributed by atoms with Crippen LogP contribution < -0.4 is 14.2 Å². The quantitative estimate of drug-likeness (QED) is 0.258. The molecule has 0 unspecified atom stereocenters. The minimum Gasteiger partial charge on any atom is -0.508 e. The summed E-state index contributed by atoms with van der Waals surface area (Å²) in [4.78, 5) is 4.30. The Morgan fingerprint density at radius 2 is 1.53 bits per heavy atom. The molecule has 0 radical (unpaired) electrons. The number of halogens is 1. The third-order valence-corrected chi connectivity index (χ3v) is 7.91. The summed E-state index contributed by atoms with van der Waals surface area (Å²) in [6.07, 6.45) is 0. The van der Waals surface area contributed by atoms with Crippen molar-refractivity contribution in [2.45, 2.75) is 18.8 Å². The highest BCUT2D eigenvalue weighted by Gasteiger charge is 2.28. The molecular weight excluding hydrogens is 578 g/mol. The standard InChI is InChI=1S/C26H26BrN3O7S/c1-34-22-11-7-19(24(13-22)36-3)15-30(14-18-6-10-21(31)12-23(18)35-2)38(32,33)16-25-28-26(29-37-25)17-4-8-20(27)9-5-17/h4-13,31H,14-16H2,1-3H3. The van der Waals surface area contributed by atoms with E-state index in [1.807, 2.05) is 12.1 Å². The molecule has 0 spiro atoms. The molecule has 0 bridgehead atoms. The lowest BCUT2D eigenvalue weighted by Gasteiger charge is -2.24. The maximum absolute atomic E-state index is 13.7. The monoisotopic (exact) mass is 603 g/mol. The summed E-state index contributed by atoms with van der Waals surface area (Å²) < 4.78 is 51.0. The SMILES string of the molecule is COc1ccc(CN(Cc2ccc(O)cc2OC)S(=O)(=O)Cc2nc(-c3ccc(Br)cc3)no2)c(OC)c1. The number of ether oxygens (including phenoxy) is 3. The average molecular weight is 604 g/mol. The third kappa shape index (κ3) is 6.44. The minimum absolute atomic E-state index is 0.00293. The van der Waals surface area contributed by atoms with Crippen LogP contribution in [-0.2, 0) is 28.9 Å². The number of hydrogen-bond donors (Lipinski definition) is 1. The molecule has 0 aliphatic rings. The van der Waals surface area contributed by atoms with Gasteiger partial charge >= 0.3 is 0 Å². The van der Waals surface area contributed by atoms with Crippen LogP contribution in [0, 0.1) is 0 Å². The van der Waals surface area contributed by atoms with Crippen molar-refractivity contribution in [3.8, 4) is 34.4 Å². The molecule has 0 aliphatic heterocycles. The normalized spacial score (nSPS) is 11.5. The first-order valence-corrected chi connectivity index (χ1v) is 13.8. The maximum atomic E-state index is 13.7. The molecule has 4 aromatic rings. The van der Waals surface area contributed by atoms with E-state index >= 15 is 0 Å². The van der Waals surface area contributed by atoms with Gasteiger partial charge in [-0.3, -0.25) is 0 Å². The highest BCUT2D eigenvalue weighted by molar-refractivity contribution is 9.10. The van der Waals surface area contributed by atoms with Crippen LogP contribution in [-0.4, -0.2) is 49.3 Å². The Morgan fingerprint density at radius 1 is 0.895 bits per heavy atom. The highest BCUT2D eigenvalue weighted by atomic mass is 79.9. The molecular formula is C26H26BrN3O7S. The molecule has 0 saturated carbocycles. The van der Waals surface area contributed by atoms with Gasteiger partial charge in [-0.1, -0.05) is 33.2 Å². The molecule has 10 nitrogen and oxygen atoms in total. The van der Waals surface area contributed by atoms with E-state index in [9.17, 15) is 13.5 Å². The van der Waals surface area contributed by atoms with Crippen LogP contribution in [0.3, 0.4) is 0 Å². The second-order valence-electron chi connectivity index (χ2n) is 8.22. The Hall–Kier alpha value is -3.61. The van der Waals surface area contributed by atoms with E-state index in [0.29, 0.717) is 33.9 Å². The predicted octanol–water partition coefficient (Wildman–Crippen LogP) is 4.76. The van der Waals surface area contributed by atoms with Gasteiger partial charge in [-0.05, 0) is 36.4 Å². The number of sulfonamides is 1. The number of phenolic OH excluding ortho intramolecular Hbond substituents is 1. The Bertz CT molecular complexity index is 1510. The number of nitrogens with zero attached hydrogens (tertiary/aromatic N) is 3. The maximum Gasteiger partial charge on any atom is 0.243 e. The van der Waals surface area contributed by atoms with Gasteiger partial charge in [-0.25, -0.2) is 8.42 Å². The molecule has 0 atom stereocenters. The fourth-order valence-electron chi connectivity index (χ4n) is 3.76. The molecule has 200 valence electrons. The first-order valence-electron chi connectivity index (χ1n) is 11.4. The highest BCUT2D eigenvalue weighted by Crippen LogP contribution is 2.31. The Labute approximate surface area is 229 Å². The van der Waals surface area contributed by atoms with Crippen LogP contribution in [0.15, 0.2) is 69.7 Å². The van der Waals surface area contributed by atoms with Crippen LogP contribution in [0.1, 0.15) is 17.0 Å². The summed E-state index contributed by atoms with van der Waals surface area (Å²) in [6, 6.07) is 16.9. The van der Waals surface area contributed by atoms with Crippen LogP contribution >= 0.6 is 15.9 Å². The van der Waals surface area contributed by atoms with Crippen LogP contribution in [0.25, 0.3) is 11.4 Å². The molecule has 3 aromatic carbocycles. The van der Waals surface area contributed by atoms with E-state index in [1.54, 1.807) is 36.4 Å². The predicted molar refractivity (Wildman–Crippen MR) is 144 cm³/mol. The second-order valence-corrected chi connectivity index (χ2v) is 11.1. The average Bonchev–Trinajstić information content (AvgIpc) is 3.37. The van der Waals surface area contributed by atoms with E-state index in [4.69, 9.17) is 18.7 Å². The molecule has 38 heavy (non-hydrogen) atoms. The van der Waals surface area contributed by atoms with Gasteiger partial charge in [-0.15, -0.1) is 0 Å². The summed E-state index contributed by atoms with van der Waals surface area (Å²) in [5, 5.41) is 13.8. The third-order valence-electron chi connectivity index (χ3n) is 5.73. The lowest BCUT2D eigenvalue weighted by molar-refractivity contribution is 0.353. The van der Waals surface area contributed by atoms with E-state index in [0.717, 1.165) is 4.47 Å². The molecule has 4 rings (SSSR count). The molecule has 1 heterocycles. The second kappa shape index (κ2) is 11.8. The number of hydrogen-bond acceptors (Lipinski definition) is 9. The van der Waals surface area contributed by atoms with Crippen molar-refractivity contribution in [3.63, 3.8) is 0 Å². The van der Waals surface area contributed by atoms with Gasteiger partial charge in [0.25, 0.3) is 0 Å². The number of aromatic hydroxyl groups is 1. The van der Waals surface area contributed by atoms with Gasteiger partial charge in [0.2, 0.25) is 21.7 Å². The topological polar surface area (TPSA) is 124 Å². The van der Waals surface area contributed by atoms with Gasteiger partial charge in [0.1, 0.15) is 28.8 Å². The zero-order valence-electron chi connectivity index (χ0n) is 20.9. The van der Waals surface area contributed by atoms with Crippen molar-refractivity contribution in [1.29, 1.82) is 0 Å². The number of phenols is 1. The summed E-state index contributed by atoms with van der Waals surface area (Å²) >= 11 is 3.38. The molecule has 1 aromatic heterocycles. The van der Waals surface area contributed by atoms with E-state index < -0.39 is 15.8 Å². The number of methoxy groups -OCH3 is 3. The molecule has 0 fully saturated rings. The van der Waals surface area contributed by atoms with Crippen LogP contribution in [0.5, 0.6) is 23.0 Å². The van der Waals surface area contributed by atoms with Crippen LogP contribution in [0.4, 0.5) is 0 Å². The number of rotatable bonds is 11. The largest absolute Gasteiger partial charge is 0.508 e. The van der Waals surface area contributed by atoms with Crippen molar-refractivity contribution in [2.24, 2.45) is 0 Å². The van der Waals surface area contributed by atoms with E-state index in [-0.39, 0.29) is 30.6 Å². The summed E-state index contributed by atoms with van der Waals surface area (Å²) in [6.45, 7) is -0.0675. The van der Waals surface area contributed by atoms with Gasteiger partial charge in [0.05, 0.1) is 21.3 Å². The fraction of sp³-hybridized carbons (Fsp3) is 0.231. The van der Waals surface area contributed by atoms with Crippen molar-refractivity contribution in [2.75, 3.05) is 21.3 Å². The Kier molecular flexibility index (Phi) is 8.55. The summed E-state index contributed by atoms with van der Waals surface area (Å²) in [5.74, 6) is 1.11. The summed E-state index contributed by atoms with van der Waals surface area (Å²) in [5.41, 5.74) is 1.87. The molecule has 1 N–H and O–H groups in total. The van der Waals surface area contributed by atoms with E-state index in [2.05, 4.69) is 26.1 Å². The zero-order valence-corrected chi connectivity index (χ0v) is 23.3. The zero-order chi connectivity index (χ0) is 27.3. The van der Waals surface area contributed by atoms with Crippen molar-refractivity contribution >= 4 is 26.0 Å². The molecule has 0 amide bonds. The van der Waals surface area contributed by atoms with Gasteiger partial charge in [0, 0.05) is 46.4 Å².